The fraction of sp³-hybridized carbons (Fsp3) is 0.100. The highest BCUT2D eigenvalue weighted by Crippen LogP contribution is 2.26. The van der Waals surface area contributed by atoms with E-state index in [1.807, 2.05) is 48.5 Å². The molecule has 1 aromatic heterocycles. The molecule has 0 atom stereocenters. The van der Waals surface area contributed by atoms with E-state index in [2.05, 4.69) is 4.98 Å². The first kappa shape index (κ1) is 13.7. The summed E-state index contributed by atoms with van der Waals surface area (Å²) in [7, 11) is 0. The molecule has 114 valence electrons. The van der Waals surface area contributed by atoms with Crippen molar-refractivity contribution in [3.05, 3.63) is 84.0 Å². The number of hydrogen-bond donors (Lipinski definition) is 0. The SMILES string of the molecule is [2H]c1cnc2ccc(/C(=C\C(=O)OCC)c3ccccc3)cc2c1. The van der Waals surface area contributed by atoms with Crippen LogP contribution in [0.5, 0.6) is 0 Å². The molecule has 3 heteroatoms. The molecule has 0 bridgehead atoms. The lowest BCUT2D eigenvalue weighted by molar-refractivity contribution is -0.137. The Balaban J connectivity index is 2.13. The molecule has 0 radical (unpaired) electrons. The highest BCUT2D eigenvalue weighted by molar-refractivity contribution is 5.97. The summed E-state index contributed by atoms with van der Waals surface area (Å²) in [6.07, 6.45) is 3.03. The highest BCUT2D eigenvalue weighted by atomic mass is 16.5. The van der Waals surface area contributed by atoms with Gasteiger partial charge < -0.3 is 4.74 Å². The monoisotopic (exact) mass is 304 g/mol. The maximum Gasteiger partial charge on any atom is 0.331 e. The predicted molar refractivity (Wildman–Crippen MR) is 91.9 cm³/mol. The van der Waals surface area contributed by atoms with Crippen molar-refractivity contribution in [1.82, 2.24) is 4.98 Å². The zero-order valence-corrected chi connectivity index (χ0v) is 12.8. The van der Waals surface area contributed by atoms with Crippen molar-refractivity contribution in [2.24, 2.45) is 0 Å². The second kappa shape index (κ2) is 6.88. The fourth-order valence-corrected chi connectivity index (χ4v) is 2.44. The van der Waals surface area contributed by atoms with E-state index < -0.39 is 0 Å². The van der Waals surface area contributed by atoms with Gasteiger partial charge in [-0.15, -0.1) is 0 Å². The van der Waals surface area contributed by atoms with Gasteiger partial charge in [-0.2, -0.15) is 0 Å². The minimum Gasteiger partial charge on any atom is -0.463 e. The molecule has 23 heavy (non-hydrogen) atoms. The molecule has 0 aliphatic carbocycles. The summed E-state index contributed by atoms with van der Waals surface area (Å²) in [6.45, 7) is 2.12. The van der Waals surface area contributed by atoms with Crippen molar-refractivity contribution in [3.63, 3.8) is 0 Å². The minimum atomic E-state index is -0.371. The smallest absolute Gasteiger partial charge is 0.331 e. The lowest BCUT2D eigenvalue weighted by atomic mass is 9.96. The molecule has 3 aromatic rings. The van der Waals surface area contributed by atoms with Crippen LogP contribution >= 0.6 is 0 Å². The number of benzene rings is 2. The molecule has 0 unspecified atom stereocenters. The second-order valence-corrected chi connectivity index (χ2v) is 5.02. The number of rotatable bonds is 4. The van der Waals surface area contributed by atoms with Gasteiger partial charge in [-0.3, -0.25) is 4.98 Å². The summed E-state index contributed by atoms with van der Waals surface area (Å²) in [4.78, 5) is 16.2. The quantitative estimate of drug-likeness (QED) is 0.535. The average Bonchev–Trinajstić information content (AvgIpc) is 2.60. The van der Waals surface area contributed by atoms with Gasteiger partial charge in [0.15, 0.2) is 0 Å². The number of pyridine rings is 1. The maximum atomic E-state index is 12.0. The average molecular weight is 304 g/mol. The maximum absolute atomic E-state index is 12.0. The van der Waals surface area contributed by atoms with Crippen molar-refractivity contribution in [2.75, 3.05) is 6.61 Å². The van der Waals surface area contributed by atoms with Gasteiger partial charge in [0.05, 0.1) is 13.5 Å². The number of aromatic nitrogens is 1. The Bertz CT molecular complexity index is 904. The third-order valence-electron chi connectivity index (χ3n) is 3.49. The molecule has 0 aliphatic heterocycles. The molecule has 3 rings (SSSR count). The summed E-state index contributed by atoms with van der Waals surface area (Å²) in [5.74, 6) is -0.371. The van der Waals surface area contributed by atoms with E-state index in [1.165, 1.54) is 12.3 Å². The standard InChI is InChI=1S/C20H17NO2/c1-2-23-20(22)14-18(15-7-4-3-5-8-15)16-10-11-19-17(13-16)9-6-12-21-19/h3-14H,2H2,1H3/b18-14-/i6D. The van der Waals surface area contributed by atoms with Crippen molar-refractivity contribution in [2.45, 2.75) is 6.92 Å². The summed E-state index contributed by atoms with van der Waals surface area (Å²) in [5.41, 5.74) is 3.42. The van der Waals surface area contributed by atoms with Crippen LogP contribution in [0.4, 0.5) is 0 Å². The van der Waals surface area contributed by atoms with Crippen LogP contribution in [0.15, 0.2) is 72.9 Å². The third kappa shape index (κ3) is 3.46. The number of ether oxygens (including phenoxy) is 1. The molecule has 0 amide bonds. The number of carbonyl (C=O) groups excluding carboxylic acids is 1. The van der Waals surface area contributed by atoms with Crippen LogP contribution in [0.3, 0.4) is 0 Å². The number of carbonyl (C=O) groups is 1. The Hall–Kier alpha value is -2.94. The topological polar surface area (TPSA) is 39.2 Å². The van der Waals surface area contributed by atoms with Crippen molar-refractivity contribution < 1.29 is 10.9 Å². The van der Waals surface area contributed by atoms with E-state index in [0.29, 0.717) is 12.6 Å². The summed E-state index contributed by atoms with van der Waals surface area (Å²) < 4.78 is 12.8. The van der Waals surface area contributed by atoms with E-state index in [-0.39, 0.29) is 5.97 Å². The molecule has 1 heterocycles. The summed E-state index contributed by atoms with van der Waals surface area (Å²) in [6, 6.07) is 17.6. The highest BCUT2D eigenvalue weighted by Gasteiger charge is 2.09. The molecule has 0 spiro atoms. The molecule has 3 nitrogen and oxygen atoms in total. The Labute approximate surface area is 136 Å². The number of esters is 1. The van der Waals surface area contributed by atoms with Gasteiger partial charge in [-0.1, -0.05) is 42.5 Å². The summed E-state index contributed by atoms with van der Waals surface area (Å²) in [5, 5.41) is 0.866. The Morgan fingerprint density at radius 1 is 1.17 bits per heavy atom. The zero-order chi connectivity index (χ0) is 16.9. The Morgan fingerprint density at radius 3 is 2.78 bits per heavy atom. The van der Waals surface area contributed by atoms with Crippen molar-refractivity contribution in [3.8, 4) is 0 Å². The second-order valence-electron chi connectivity index (χ2n) is 5.02. The third-order valence-corrected chi connectivity index (χ3v) is 3.49. The number of hydrogen-bond acceptors (Lipinski definition) is 3. The molecule has 0 saturated carbocycles. The first-order valence-corrected chi connectivity index (χ1v) is 7.48. The van der Waals surface area contributed by atoms with Gasteiger partial charge >= 0.3 is 5.97 Å². The van der Waals surface area contributed by atoms with Gasteiger partial charge in [0.2, 0.25) is 0 Å². The molecule has 2 aromatic carbocycles. The van der Waals surface area contributed by atoms with E-state index in [9.17, 15) is 4.79 Å². The lowest BCUT2D eigenvalue weighted by Gasteiger charge is -2.09. The molecule has 0 aliphatic rings. The van der Waals surface area contributed by atoms with E-state index in [1.54, 1.807) is 13.0 Å². The van der Waals surface area contributed by atoms with Crippen LogP contribution in [0.2, 0.25) is 0 Å². The minimum absolute atomic E-state index is 0.335. The number of fused-ring (bicyclic) bond motifs is 1. The fourth-order valence-electron chi connectivity index (χ4n) is 2.44. The van der Waals surface area contributed by atoms with Gasteiger partial charge in [-0.25, -0.2) is 4.79 Å². The van der Waals surface area contributed by atoms with Crippen LogP contribution in [-0.2, 0) is 9.53 Å². The van der Waals surface area contributed by atoms with Crippen LogP contribution in [-0.4, -0.2) is 17.6 Å². The van der Waals surface area contributed by atoms with Crippen molar-refractivity contribution in [1.29, 1.82) is 0 Å². The molecule has 0 fully saturated rings. The largest absolute Gasteiger partial charge is 0.463 e. The Kier molecular flexibility index (Phi) is 4.10. The van der Waals surface area contributed by atoms with Crippen LogP contribution in [0.1, 0.15) is 19.4 Å². The molecular weight excluding hydrogens is 286 g/mol. The molecule has 0 saturated heterocycles. The molecule has 0 N–H and O–H groups in total. The van der Waals surface area contributed by atoms with Gasteiger partial charge in [0.25, 0.3) is 0 Å². The number of nitrogens with zero attached hydrogens (tertiary/aromatic N) is 1. The lowest BCUT2D eigenvalue weighted by Crippen LogP contribution is -2.02. The van der Waals surface area contributed by atoms with E-state index in [0.717, 1.165) is 27.6 Å². The summed E-state index contributed by atoms with van der Waals surface area (Å²) >= 11 is 0. The van der Waals surface area contributed by atoms with Gasteiger partial charge in [0, 0.05) is 17.7 Å². The van der Waals surface area contributed by atoms with Gasteiger partial charge in [-0.05, 0) is 41.8 Å². The normalized spacial score (nSPS) is 12.0. The predicted octanol–water partition coefficient (Wildman–Crippen LogP) is 4.23. The van der Waals surface area contributed by atoms with E-state index >= 15 is 0 Å². The van der Waals surface area contributed by atoms with Gasteiger partial charge in [0.1, 0.15) is 0 Å². The van der Waals surface area contributed by atoms with Crippen LogP contribution in [0, 0.1) is 0 Å². The Morgan fingerprint density at radius 2 is 2.00 bits per heavy atom. The first-order valence-electron chi connectivity index (χ1n) is 7.98. The van der Waals surface area contributed by atoms with E-state index in [4.69, 9.17) is 6.11 Å². The molecular formula is C20H17NO2. The zero-order valence-electron chi connectivity index (χ0n) is 13.8. The van der Waals surface area contributed by atoms with Crippen LogP contribution < -0.4 is 0 Å². The first-order chi connectivity index (χ1) is 11.7. The van der Waals surface area contributed by atoms with Crippen molar-refractivity contribution >= 4 is 22.4 Å². The van der Waals surface area contributed by atoms with Crippen LogP contribution in [0.25, 0.3) is 16.5 Å².